The summed E-state index contributed by atoms with van der Waals surface area (Å²) in [7, 11) is 1.56. The monoisotopic (exact) mass is 444 g/mol. The number of alkyl halides is 2. The molecule has 4 rings (SSSR count). The number of carbonyl (C=O) groups excluding carboxylic acids is 1. The van der Waals surface area contributed by atoms with Crippen LogP contribution in [0.2, 0.25) is 5.02 Å². The molecule has 0 aliphatic carbocycles. The summed E-state index contributed by atoms with van der Waals surface area (Å²) in [6.07, 6.45) is 2.02. The number of nitrogens with zero attached hydrogens (tertiary/aromatic N) is 4. The maximum absolute atomic E-state index is 13.6. The van der Waals surface area contributed by atoms with Gasteiger partial charge >= 0.3 is 6.55 Å². The molecule has 0 saturated heterocycles. The van der Waals surface area contributed by atoms with Crippen LogP contribution in [0, 0.1) is 0 Å². The third kappa shape index (κ3) is 4.59. The zero-order valence-electron chi connectivity index (χ0n) is 16.6. The summed E-state index contributed by atoms with van der Waals surface area (Å²) in [6.45, 7) is -2.77. The van der Waals surface area contributed by atoms with E-state index in [4.69, 9.17) is 16.0 Å². The molecule has 6 nitrogen and oxygen atoms in total. The highest BCUT2D eigenvalue weighted by Gasteiger charge is 2.20. The summed E-state index contributed by atoms with van der Waals surface area (Å²) in [6, 6.07) is 13.8. The van der Waals surface area contributed by atoms with Gasteiger partial charge in [0.25, 0.3) is 0 Å². The molecule has 2 heterocycles. The molecule has 0 N–H and O–H groups in total. The number of aryl methyl sites for hydroxylation is 1. The van der Waals surface area contributed by atoms with Gasteiger partial charge in [0, 0.05) is 30.5 Å². The lowest BCUT2D eigenvalue weighted by Gasteiger charge is -2.17. The van der Waals surface area contributed by atoms with Crippen LogP contribution >= 0.6 is 11.6 Å². The van der Waals surface area contributed by atoms with Gasteiger partial charge in [0.1, 0.15) is 5.82 Å². The number of hydrogen-bond donors (Lipinski definition) is 0. The SMILES string of the molecule is CN(Cc1nc2ccccc2n1C(F)F)C(=O)CCc1ncc(-c2ccc(Cl)cc2)o1. The molecule has 0 unspecified atom stereocenters. The van der Waals surface area contributed by atoms with Gasteiger partial charge in [0.15, 0.2) is 11.7 Å². The van der Waals surface area contributed by atoms with Crippen LogP contribution in [-0.4, -0.2) is 32.4 Å². The van der Waals surface area contributed by atoms with E-state index in [1.165, 1.54) is 4.90 Å². The van der Waals surface area contributed by atoms with Crippen molar-refractivity contribution in [3.8, 4) is 11.3 Å². The Morgan fingerprint density at radius 2 is 1.94 bits per heavy atom. The number of fused-ring (bicyclic) bond motifs is 1. The average Bonchev–Trinajstić information content (AvgIpc) is 3.36. The zero-order chi connectivity index (χ0) is 22.0. The zero-order valence-corrected chi connectivity index (χ0v) is 17.4. The van der Waals surface area contributed by atoms with Crippen LogP contribution in [0.5, 0.6) is 0 Å². The van der Waals surface area contributed by atoms with E-state index >= 15 is 0 Å². The van der Waals surface area contributed by atoms with Crippen LogP contribution in [0.25, 0.3) is 22.4 Å². The highest BCUT2D eigenvalue weighted by atomic mass is 35.5. The summed E-state index contributed by atoms with van der Waals surface area (Å²) in [4.78, 5) is 22.4. The topological polar surface area (TPSA) is 64.2 Å². The molecule has 2 aromatic heterocycles. The number of halogens is 3. The van der Waals surface area contributed by atoms with Gasteiger partial charge in [0.2, 0.25) is 5.91 Å². The Labute approximate surface area is 182 Å². The van der Waals surface area contributed by atoms with Gasteiger partial charge in [0.05, 0.1) is 23.8 Å². The number of imidazole rings is 1. The Kier molecular flexibility index (Phi) is 5.99. The van der Waals surface area contributed by atoms with Crippen molar-refractivity contribution >= 4 is 28.5 Å². The molecule has 4 aromatic rings. The normalized spacial score (nSPS) is 11.4. The summed E-state index contributed by atoms with van der Waals surface area (Å²) < 4.78 is 33.7. The standard InChI is InChI=1S/C22H19ClF2N4O2/c1-28(13-19-27-16-4-2-3-5-17(16)29(19)22(24)25)21(30)11-10-20-26-12-18(31-20)14-6-8-15(23)9-7-14/h2-9,12,22H,10-11,13H2,1H3. The Balaban J connectivity index is 1.40. The number of benzene rings is 2. The smallest absolute Gasteiger partial charge is 0.320 e. The van der Waals surface area contributed by atoms with Crippen LogP contribution in [0.15, 0.2) is 59.1 Å². The lowest BCUT2D eigenvalue weighted by atomic mass is 10.2. The lowest BCUT2D eigenvalue weighted by molar-refractivity contribution is -0.130. The third-order valence-corrected chi connectivity index (χ3v) is 5.16. The van der Waals surface area contributed by atoms with Crippen molar-refractivity contribution in [2.24, 2.45) is 0 Å². The predicted octanol–water partition coefficient (Wildman–Crippen LogP) is 5.33. The van der Waals surface area contributed by atoms with E-state index < -0.39 is 6.55 Å². The summed E-state index contributed by atoms with van der Waals surface area (Å²) in [5.41, 5.74) is 1.63. The maximum atomic E-state index is 13.6. The third-order valence-electron chi connectivity index (χ3n) is 4.90. The number of oxazole rings is 1. The number of para-hydroxylation sites is 2. The molecule has 2 aromatic carbocycles. The van der Waals surface area contributed by atoms with Crippen molar-refractivity contribution in [2.75, 3.05) is 7.05 Å². The van der Waals surface area contributed by atoms with Crippen molar-refractivity contribution < 1.29 is 18.0 Å². The Hall–Kier alpha value is -3.26. The van der Waals surface area contributed by atoms with Crippen molar-refractivity contribution in [2.45, 2.75) is 25.9 Å². The summed E-state index contributed by atoms with van der Waals surface area (Å²) in [5.74, 6) is 0.914. The number of amides is 1. The minimum Gasteiger partial charge on any atom is -0.441 e. The molecule has 0 radical (unpaired) electrons. The van der Waals surface area contributed by atoms with E-state index in [-0.39, 0.29) is 24.7 Å². The van der Waals surface area contributed by atoms with Gasteiger partial charge in [-0.2, -0.15) is 8.78 Å². The van der Waals surface area contributed by atoms with E-state index in [2.05, 4.69) is 9.97 Å². The van der Waals surface area contributed by atoms with E-state index in [1.54, 1.807) is 49.6 Å². The first-order valence-corrected chi connectivity index (χ1v) is 9.99. The lowest BCUT2D eigenvalue weighted by Crippen LogP contribution is -2.28. The molecule has 1 amide bonds. The number of carbonyl (C=O) groups is 1. The van der Waals surface area contributed by atoms with Gasteiger partial charge in [-0.3, -0.25) is 9.36 Å². The second-order valence-corrected chi connectivity index (χ2v) is 7.48. The fraction of sp³-hybridized carbons (Fsp3) is 0.227. The number of hydrogen-bond acceptors (Lipinski definition) is 4. The van der Waals surface area contributed by atoms with Crippen LogP contribution < -0.4 is 0 Å². The molecule has 0 spiro atoms. The van der Waals surface area contributed by atoms with Crippen LogP contribution in [0.3, 0.4) is 0 Å². The first kappa shape index (κ1) is 21.0. The molecule has 0 atom stereocenters. The largest absolute Gasteiger partial charge is 0.441 e. The number of aromatic nitrogens is 3. The van der Waals surface area contributed by atoms with Crippen molar-refractivity contribution in [3.05, 3.63) is 71.5 Å². The fourth-order valence-electron chi connectivity index (χ4n) is 3.30. The van der Waals surface area contributed by atoms with Crippen molar-refractivity contribution in [1.82, 2.24) is 19.4 Å². The molecular formula is C22H19ClF2N4O2. The molecule has 160 valence electrons. The molecule has 31 heavy (non-hydrogen) atoms. The predicted molar refractivity (Wildman–Crippen MR) is 113 cm³/mol. The molecule has 0 aliphatic heterocycles. The summed E-state index contributed by atoms with van der Waals surface area (Å²) >= 11 is 5.89. The molecular weight excluding hydrogens is 426 g/mol. The van der Waals surface area contributed by atoms with Gasteiger partial charge in [-0.05, 0) is 36.4 Å². The Morgan fingerprint density at radius 3 is 2.68 bits per heavy atom. The van der Waals surface area contributed by atoms with Gasteiger partial charge in [-0.1, -0.05) is 23.7 Å². The maximum Gasteiger partial charge on any atom is 0.320 e. The molecule has 0 bridgehead atoms. The highest BCUT2D eigenvalue weighted by Crippen LogP contribution is 2.25. The average molecular weight is 445 g/mol. The fourth-order valence-corrected chi connectivity index (χ4v) is 3.43. The van der Waals surface area contributed by atoms with Crippen LogP contribution in [0.4, 0.5) is 8.78 Å². The van der Waals surface area contributed by atoms with Crippen LogP contribution in [0.1, 0.15) is 24.7 Å². The van der Waals surface area contributed by atoms with Gasteiger partial charge in [-0.25, -0.2) is 9.97 Å². The number of rotatable bonds is 7. The van der Waals surface area contributed by atoms with Crippen molar-refractivity contribution in [3.63, 3.8) is 0 Å². The van der Waals surface area contributed by atoms with Crippen LogP contribution in [-0.2, 0) is 17.8 Å². The van der Waals surface area contributed by atoms with E-state index in [0.29, 0.717) is 34.1 Å². The first-order chi connectivity index (χ1) is 14.9. The molecule has 9 heteroatoms. The Morgan fingerprint density at radius 1 is 1.19 bits per heavy atom. The minimum atomic E-state index is -2.75. The van der Waals surface area contributed by atoms with Crippen molar-refractivity contribution in [1.29, 1.82) is 0 Å². The second-order valence-electron chi connectivity index (χ2n) is 7.04. The van der Waals surface area contributed by atoms with Gasteiger partial charge in [-0.15, -0.1) is 0 Å². The first-order valence-electron chi connectivity index (χ1n) is 9.61. The molecule has 0 aliphatic rings. The van der Waals surface area contributed by atoms with E-state index in [1.807, 2.05) is 12.1 Å². The summed E-state index contributed by atoms with van der Waals surface area (Å²) in [5, 5.41) is 0.623. The Bertz CT molecular complexity index is 1200. The quantitative estimate of drug-likeness (QED) is 0.386. The second kappa shape index (κ2) is 8.85. The van der Waals surface area contributed by atoms with E-state index in [9.17, 15) is 13.6 Å². The van der Waals surface area contributed by atoms with Gasteiger partial charge < -0.3 is 9.32 Å². The van der Waals surface area contributed by atoms with E-state index in [0.717, 1.165) is 10.1 Å². The highest BCUT2D eigenvalue weighted by molar-refractivity contribution is 6.30. The molecule has 0 saturated carbocycles. The minimum absolute atomic E-state index is 0.0283. The molecule has 0 fully saturated rings.